The van der Waals surface area contributed by atoms with Crippen molar-refractivity contribution < 1.29 is 32.7 Å². The van der Waals surface area contributed by atoms with E-state index in [0.717, 1.165) is 6.21 Å². The molecular weight excluding hydrogens is 407 g/mol. The summed E-state index contributed by atoms with van der Waals surface area (Å²) in [4.78, 5) is 23.1. The van der Waals surface area contributed by atoms with E-state index in [1.807, 2.05) is 0 Å². The van der Waals surface area contributed by atoms with Crippen LogP contribution in [0.25, 0.3) is 0 Å². The Bertz CT molecular complexity index is 1020. The summed E-state index contributed by atoms with van der Waals surface area (Å²) < 4.78 is 45.0. The molecule has 158 valence electrons. The number of nitrogens with zero attached hydrogens (tertiary/aromatic N) is 3. The number of hydrogen-bond donors (Lipinski definition) is 1. The predicted molar refractivity (Wildman–Crippen MR) is 98.9 cm³/mol. The van der Waals surface area contributed by atoms with Crippen molar-refractivity contribution in [2.24, 2.45) is 5.10 Å². The van der Waals surface area contributed by atoms with Gasteiger partial charge in [0.1, 0.15) is 6.61 Å². The number of hydrazone groups is 1. The highest BCUT2D eigenvalue weighted by molar-refractivity contribution is 5.96. The molecule has 1 N–H and O–H groups in total. The molecule has 0 fully saturated rings. The van der Waals surface area contributed by atoms with Crippen molar-refractivity contribution in [1.82, 2.24) is 5.01 Å². The van der Waals surface area contributed by atoms with Gasteiger partial charge < -0.3 is 9.84 Å². The Hall–Kier alpha value is -3.47. The maximum absolute atomic E-state index is 13.2. The Kier molecular flexibility index (Phi) is 5.49. The number of aliphatic hydroxyl groups is 1. The largest absolute Gasteiger partial charge is 0.482 e. The lowest BCUT2D eigenvalue weighted by atomic mass is 10.1. The van der Waals surface area contributed by atoms with E-state index >= 15 is 0 Å². The molecule has 11 heteroatoms. The van der Waals surface area contributed by atoms with Crippen LogP contribution in [0.4, 0.5) is 18.9 Å². The minimum absolute atomic E-state index is 0.00220. The topological polar surface area (TPSA) is 105 Å². The van der Waals surface area contributed by atoms with Crippen molar-refractivity contribution in [3.8, 4) is 5.75 Å². The van der Waals surface area contributed by atoms with Crippen molar-refractivity contribution in [2.75, 3.05) is 0 Å². The second kappa shape index (κ2) is 7.75. The minimum Gasteiger partial charge on any atom is -0.482 e. The average molecular weight is 423 g/mol. The van der Waals surface area contributed by atoms with Crippen LogP contribution in [0.3, 0.4) is 0 Å². The van der Waals surface area contributed by atoms with E-state index < -0.39 is 29.2 Å². The van der Waals surface area contributed by atoms with Crippen LogP contribution in [0.2, 0.25) is 0 Å². The van der Waals surface area contributed by atoms with Gasteiger partial charge in [-0.25, -0.2) is 0 Å². The lowest BCUT2D eigenvalue weighted by Gasteiger charge is -2.32. The van der Waals surface area contributed by atoms with Gasteiger partial charge in [-0.15, -0.1) is 0 Å². The summed E-state index contributed by atoms with van der Waals surface area (Å²) >= 11 is 0. The Morgan fingerprint density at radius 1 is 1.33 bits per heavy atom. The maximum Gasteiger partial charge on any atom is 0.438 e. The standard InChI is InChI=1S/C19H16F3N3O5/c1-12-5-6-16(15(9-12)25(28)29)30-11-13-3-2-4-14(10-13)17(26)24-18(27,7-8-23-24)19(20,21)22/h2-6,8-10,27H,7,11H2,1H3/t18-/m0/s1. The molecule has 0 saturated heterocycles. The number of nitro benzene ring substituents is 1. The summed E-state index contributed by atoms with van der Waals surface area (Å²) in [6, 6.07) is 9.91. The highest BCUT2D eigenvalue weighted by Crippen LogP contribution is 2.39. The summed E-state index contributed by atoms with van der Waals surface area (Å²) in [6.45, 7) is 1.52. The van der Waals surface area contributed by atoms with Crippen molar-refractivity contribution in [3.05, 3.63) is 69.3 Å². The quantitative estimate of drug-likeness (QED) is 0.585. The zero-order valence-corrected chi connectivity index (χ0v) is 15.6. The van der Waals surface area contributed by atoms with Gasteiger partial charge in [0.15, 0.2) is 5.75 Å². The highest BCUT2D eigenvalue weighted by atomic mass is 19.4. The van der Waals surface area contributed by atoms with Crippen LogP contribution in [0.5, 0.6) is 5.75 Å². The van der Waals surface area contributed by atoms with Crippen LogP contribution in [0.1, 0.15) is 27.9 Å². The maximum atomic E-state index is 13.2. The van der Waals surface area contributed by atoms with Crippen molar-refractivity contribution in [1.29, 1.82) is 0 Å². The van der Waals surface area contributed by atoms with E-state index in [2.05, 4.69) is 5.10 Å². The third kappa shape index (κ3) is 3.96. The fourth-order valence-electron chi connectivity index (χ4n) is 2.86. The van der Waals surface area contributed by atoms with Gasteiger partial charge >= 0.3 is 11.9 Å². The number of aryl methyl sites for hydroxylation is 1. The second-order valence-electron chi connectivity index (χ2n) is 6.65. The molecule has 3 rings (SSSR count). The van der Waals surface area contributed by atoms with E-state index in [9.17, 15) is 33.2 Å². The predicted octanol–water partition coefficient (Wildman–Crippen LogP) is 3.56. The number of amides is 1. The Morgan fingerprint density at radius 2 is 2.07 bits per heavy atom. The summed E-state index contributed by atoms with van der Waals surface area (Å²) in [7, 11) is 0. The lowest BCUT2D eigenvalue weighted by Crippen LogP contribution is -2.56. The van der Waals surface area contributed by atoms with Crippen LogP contribution in [0, 0.1) is 17.0 Å². The van der Waals surface area contributed by atoms with Gasteiger partial charge in [0.25, 0.3) is 11.6 Å². The first-order valence-electron chi connectivity index (χ1n) is 8.66. The molecule has 0 aromatic heterocycles. The number of rotatable bonds is 5. The molecule has 1 aliphatic heterocycles. The monoisotopic (exact) mass is 423 g/mol. The molecule has 0 saturated carbocycles. The minimum atomic E-state index is -5.09. The van der Waals surface area contributed by atoms with Crippen LogP contribution in [-0.4, -0.2) is 39.1 Å². The molecule has 30 heavy (non-hydrogen) atoms. The smallest absolute Gasteiger partial charge is 0.438 e. The van der Waals surface area contributed by atoms with Crippen LogP contribution in [-0.2, 0) is 6.61 Å². The normalized spacial score (nSPS) is 18.5. The third-order valence-electron chi connectivity index (χ3n) is 4.45. The molecule has 0 unspecified atom stereocenters. The second-order valence-corrected chi connectivity index (χ2v) is 6.65. The zero-order chi connectivity index (χ0) is 22.1. The lowest BCUT2D eigenvalue weighted by molar-refractivity contribution is -0.386. The third-order valence-corrected chi connectivity index (χ3v) is 4.45. The van der Waals surface area contributed by atoms with Gasteiger partial charge in [0.05, 0.1) is 4.92 Å². The van der Waals surface area contributed by atoms with Gasteiger partial charge in [-0.3, -0.25) is 14.9 Å². The number of halogens is 3. The fraction of sp³-hybridized carbons (Fsp3) is 0.263. The Morgan fingerprint density at radius 3 is 2.73 bits per heavy atom. The number of carbonyl (C=O) groups excluding carboxylic acids is 1. The summed E-state index contributed by atoms with van der Waals surface area (Å²) in [5.41, 5.74) is -2.75. The molecule has 1 atom stereocenters. The fourth-order valence-corrected chi connectivity index (χ4v) is 2.86. The number of alkyl halides is 3. The molecule has 0 aliphatic carbocycles. The van der Waals surface area contributed by atoms with E-state index in [0.29, 0.717) is 11.1 Å². The molecule has 0 radical (unpaired) electrons. The number of ether oxygens (including phenoxy) is 1. The SMILES string of the molecule is Cc1ccc(OCc2cccc(C(=O)N3N=CC[C@]3(O)C(F)(F)F)c2)c([N+](=O)[O-])c1. The van der Waals surface area contributed by atoms with E-state index in [1.165, 1.54) is 30.3 Å². The zero-order valence-electron chi connectivity index (χ0n) is 15.6. The van der Waals surface area contributed by atoms with E-state index in [4.69, 9.17) is 4.74 Å². The Balaban J connectivity index is 1.80. The van der Waals surface area contributed by atoms with Crippen LogP contribution in [0.15, 0.2) is 47.6 Å². The number of nitro groups is 1. The Labute approximate surface area is 168 Å². The van der Waals surface area contributed by atoms with Gasteiger partial charge in [-0.2, -0.15) is 23.3 Å². The first kappa shape index (κ1) is 21.2. The van der Waals surface area contributed by atoms with Crippen molar-refractivity contribution >= 4 is 17.8 Å². The summed E-state index contributed by atoms with van der Waals surface area (Å²) in [5.74, 6) is -1.13. The van der Waals surface area contributed by atoms with Gasteiger partial charge in [0.2, 0.25) is 0 Å². The molecule has 2 aromatic carbocycles. The first-order chi connectivity index (χ1) is 14.0. The van der Waals surface area contributed by atoms with Crippen molar-refractivity contribution in [2.45, 2.75) is 31.9 Å². The highest BCUT2D eigenvalue weighted by Gasteiger charge is 2.61. The molecule has 0 spiro atoms. The van der Waals surface area contributed by atoms with Gasteiger partial charge in [0, 0.05) is 24.3 Å². The molecule has 8 nitrogen and oxygen atoms in total. The van der Waals surface area contributed by atoms with Gasteiger partial charge in [-0.05, 0) is 36.2 Å². The molecule has 1 amide bonds. The molecular formula is C19H16F3N3O5. The summed E-state index contributed by atoms with van der Waals surface area (Å²) in [6.07, 6.45) is -5.15. The van der Waals surface area contributed by atoms with E-state index in [-0.39, 0.29) is 28.6 Å². The molecule has 0 bridgehead atoms. The number of carbonyl (C=O) groups is 1. The molecule has 1 aliphatic rings. The number of benzene rings is 2. The summed E-state index contributed by atoms with van der Waals surface area (Å²) in [5, 5.41) is 24.5. The van der Waals surface area contributed by atoms with E-state index in [1.54, 1.807) is 19.1 Å². The van der Waals surface area contributed by atoms with Crippen LogP contribution < -0.4 is 4.74 Å². The van der Waals surface area contributed by atoms with Crippen LogP contribution >= 0.6 is 0 Å². The number of hydrogen-bond acceptors (Lipinski definition) is 6. The molecule has 2 aromatic rings. The van der Waals surface area contributed by atoms with Crippen molar-refractivity contribution in [3.63, 3.8) is 0 Å². The first-order valence-corrected chi connectivity index (χ1v) is 8.66. The average Bonchev–Trinajstić information content (AvgIpc) is 3.09. The molecule has 1 heterocycles. The van der Waals surface area contributed by atoms with Gasteiger partial charge in [-0.1, -0.05) is 18.2 Å².